The molecule has 3 nitrogen and oxygen atoms in total. The molecule has 1 aromatic rings. The Bertz CT molecular complexity index is 393. The molecular weight excluding hydrogens is 226 g/mol. The summed E-state index contributed by atoms with van der Waals surface area (Å²) in [5, 5.41) is 0.728. The maximum Gasteiger partial charge on any atom is 0.164 e. The summed E-state index contributed by atoms with van der Waals surface area (Å²) >= 11 is 6.23. The molecule has 0 bridgehead atoms. The SMILES string of the molecule is CCc1c(CCN)c(Cl)cc2c1OCCO2. The second kappa shape index (κ2) is 4.93. The number of hydrogen-bond donors (Lipinski definition) is 1. The van der Waals surface area contributed by atoms with E-state index in [1.807, 2.05) is 6.07 Å². The largest absolute Gasteiger partial charge is 0.486 e. The lowest BCUT2D eigenvalue weighted by Crippen LogP contribution is -2.18. The average molecular weight is 242 g/mol. The van der Waals surface area contributed by atoms with Gasteiger partial charge >= 0.3 is 0 Å². The third-order valence-electron chi connectivity index (χ3n) is 2.74. The van der Waals surface area contributed by atoms with Gasteiger partial charge in [-0.05, 0) is 24.9 Å². The van der Waals surface area contributed by atoms with Crippen LogP contribution in [0.1, 0.15) is 18.1 Å². The van der Waals surface area contributed by atoms with Crippen LogP contribution in [0.15, 0.2) is 6.07 Å². The molecule has 2 N–H and O–H groups in total. The Kier molecular flexibility index (Phi) is 3.56. The van der Waals surface area contributed by atoms with Gasteiger partial charge in [0.05, 0.1) is 0 Å². The van der Waals surface area contributed by atoms with E-state index < -0.39 is 0 Å². The molecule has 0 saturated carbocycles. The summed E-state index contributed by atoms with van der Waals surface area (Å²) in [7, 11) is 0. The Hall–Kier alpha value is -0.930. The summed E-state index contributed by atoms with van der Waals surface area (Å²) in [5.41, 5.74) is 7.82. The number of nitrogens with two attached hydrogens (primary N) is 1. The van der Waals surface area contributed by atoms with E-state index in [0.717, 1.165) is 40.5 Å². The maximum atomic E-state index is 6.23. The maximum absolute atomic E-state index is 6.23. The molecule has 0 atom stereocenters. The van der Waals surface area contributed by atoms with Gasteiger partial charge in [-0.1, -0.05) is 18.5 Å². The van der Waals surface area contributed by atoms with E-state index in [2.05, 4.69) is 6.92 Å². The molecule has 0 aromatic heterocycles. The number of rotatable bonds is 3. The molecule has 0 radical (unpaired) electrons. The highest BCUT2D eigenvalue weighted by Crippen LogP contribution is 2.40. The molecule has 0 spiro atoms. The number of benzene rings is 1. The topological polar surface area (TPSA) is 44.5 Å². The molecule has 1 aliphatic rings. The predicted octanol–water partition coefficient (Wildman–Crippen LogP) is 2.17. The van der Waals surface area contributed by atoms with E-state index in [1.165, 1.54) is 0 Å². The van der Waals surface area contributed by atoms with Crippen molar-refractivity contribution in [3.05, 3.63) is 22.2 Å². The van der Waals surface area contributed by atoms with Gasteiger partial charge in [0.25, 0.3) is 0 Å². The average Bonchev–Trinajstić information content (AvgIpc) is 2.30. The fraction of sp³-hybridized carbons (Fsp3) is 0.500. The Labute approximate surface area is 100 Å². The quantitative estimate of drug-likeness (QED) is 0.882. The van der Waals surface area contributed by atoms with Crippen LogP contribution in [-0.4, -0.2) is 19.8 Å². The van der Waals surface area contributed by atoms with Crippen molar-refractivity contribution in [2.24, 2.45) is 5.73 Å². The van der Waals surface area contributed by atoms with Crippen molar-refractivity contribution in [1.29, 1.82) is 0 Å². The monoisotopic (exact) mass is 241 g/mol. The van der Waals surface area contributed by atoms with Gasteiger partial charge in [0, 0.05) is 16.7 Å². The van der Waals surface area contributed by atoms with Gasteiger partial charge < -0.3 is 15.2 Å². The molecule has 1 aliphatic heterocycles. The van der Waals surface area contributed by atoms with Gasteiger partial charge in [-0.15, -0.1) is 0 Å². The van der Waals surface area contributed by atoms with E-state index in [9.17, 15) is 0 Å². The Morgan fingerprint density at radius 2 is 2.06 bits per heavy atom. The molecule has 88 valence electrons. The second-order valence-electron chi connectivity index (χ2n) is 3.73. The van der Waals surface area contributed by atoms with Crippen LogP contribution in [0.4, 0.5) is 0 Å². The zero-order chi connectivity index (χ0) is 11.5. The fourth-order valence-electron chi connectivity index (χ4n) is 2.05. The highest BCUT2D eigenvalue weighted by Gasteiger charge is 2.20. The Morgan fingerprint density at radius 3 is 2.75 bits per heavy atom. The zero-order valence-corrected chi connectivity index (χ0v) is 10.1. The van der Waals surface area contributed by atoms with E-state index in [-0.39, 0.29) is 0 Å². The second-order valence-corrected chi connectivity index (χ2v) is 4.14. The molecule has 0 fully saturated rings. The summed E-state index contributed by atoms with van der Waals surface area (Å²) in [6, 6.07) is 1.83. The predicted molar refractivity (Wildman–Crippen MR) is 64.6 cm³/mol. The van der Waals surface area contributed by atoms with Gasteiger partial charge in [-0.3, -0.25) is 0 Å². The molecule has 4 heteroatoms. The first kappa shape index (κ1) is 11.6. The summed E-state index contributed by atoms with van der Waals surface area (Å²) in [6.45, 7) is 3.86. The van der Waals surface area contributed by atoms with Crippen LogP contribution in [0, 0.1) is 0 Å². The van der Waals surface area contributed by atoms with Gasteiger partial charge in [-0.25, -0.2) is 0 Å². The minimum Gasteiger partial charge on any atom is -0.486 e. The molecule has 0 unspecified atom stereocenters. The smallest absolute Gasteiger partial charge is 0.164 e. The van der Waals surface area contributed by atoms with Gasteiger partial charge in [0.2, 0.25) is 0 Å². The fourth-order valence-corrected chi connectivity index (χ4v) is 2.35. The molecule has 1 heterocycles. The molecular formula is C12H16ClNO2. The molecule has 2 rings (SSSR count). The lowest BCUT2D eigenvalue weighted by Gasteiger charge is -2.23. The first-order valence-electron chi connectivity index (χ1n) is 5.57. The lowest BCUT2D eigenvalue weighted by molar-refractivity contribution is 0.170. The van der Waals surface area contributed by atoms with Crippen LogP contribution < -0.4 is 15.2 Å². The summed E-state index contributed by atoms with van der Waals surface area (Å²) in [5.74, 6) is 1.61. The standard InChI is InChI=1S/C12H16ClNO2/c1-2-8-9(3-4-14)10(13)7-11-12(8)16-6-5-15-11/h7H,2-6,14H2,1H3. The number of ether oxygens (including phenoxy) is 2. The van der Waals surface area contributed by atoms with E-state index in [1.54, 1.807) is 0 Å². The van der Waals surface area contributed by atoms with Gasteiger partial charge in [0.1, 0.15) is 13.2 Å². The lowest BCUT2D eigenvalue weighted by atomic mass is 10.00. The molecule has 1 aromatic carbocycles. The van der Waals surface area contributed by atoms with Crippen molar-refractivity contribution in [3.8, 4) is 11.5 Å². The van der Waals surface area contributed by atoms with Crippen molar-refractivity contribution < 1.29 is 9.47 Å². The van der Waals surface area contributed by atoms with E-state index in [0.29, 0.717) is 19.8 Å². The van der Waals surface area contributed by atoms with Crippen molar-refractivity contribution in [3.63, 3.8) is 0 Å². The highest BCUT2D eigenvalue weighted by atomic mass is 35.5. The van der Waals surface area contributed by atoms with Crippen molar-refractivity contribution >= 4 is 11.6 Å². The highest BCUT2D eigenvalue weighted by molar-refractivity contribution is 6.31. The molecule has 16 heavy (non-hydrogen) atoms. The minimum absolute atomic E-state index is 0.586. The zero-order valence-electron chi connectivity index (χ0n) is 9.38. The molecule has 0 amide bonds. The minimum atomic E-state index is 0.586. The van der Waals surface area contributed by atoms with E-state index in [4.69, 9.17) is 26.8 Å². The Morgan fingerprint density at radius 1 is 1.31 bits per heavy atom. The molecule has 0 aliphatic carbocycles. The van der Waals surface area contributed by atoms with Crippen LogP contribution in [0.3, 0.4) is 0 Å². The van der Waals surface area contributed by atoms with Crippen molar-refractivity contribution in [1.82, 2.24) is 0 Å². The van der Waals surface area contributed by atoms with Gasteiger partial charge in [-0.2, -0.15) is 0 Å². The normalized spacial score (nSPS) is 13.9. The van der Waals surface area contributed by atoms with Crippen LogP contribution in [0.2, 0.25) is 5.02 Å². The van der Waals surface area contributed by atoms with E-state index >= 15 is 0 Å². The third kappa shape index (κ3) is 1.97. The van der Waals surface area contributed by atoms with Crippen LogP contribution in [0.5, 0.6) is 11.5 Å². The summed E-state index contributed by atoms with van der Waals surface area (Å²) in [4.78, 5) is 0. The molecule has 0 saturated heterocycles. The summed E-state index contributed by atoms with van der Waals surface area (Å²) in [6.07, 6.45) is 1.65. The number of fused-ring (bicyclic) bond motifs is 1. The summed E-state index contributed by atoms with van der Waals surface area (Å²) < 4.78 is 11.2. The van der Waals surface area contributed by atoms with Gasteiger partial charge in [0.15, 0.2) is 11.5 Å². The first-order valence-corrected chi connectivity index (χ1v) is 5.95. The first-order chi connectivity index (χ1) is 7.77. The number of halogens is 1. The van der Waals surface area contributed by atoms with Crippen molar-refractivity contribution in [2.75, 3.05) is 19.8 Å². The van der Waals surface area contributed by atoms with Crippen LogP contribution in [-0.2, 0) is 12.8 Å². The number of hydrogen-bond acceptors (Lipinski definition) is 3. The Balaban J connectivity index is 2.52. The van der Waals surface area contributed by atoms with Crippen LogP contribution in [0.25, 0.3) is 0 Å². The van der Waals surface area contributed by atoms with Crippen molar-refractivity contribution in [2.45, 2.75) is 19.8 Å². The van der Waals surface area contributed by atoms with Crippen LogP contribution >= 0.6 is 11.6 Å². The third-order valence-corrected chi connectivity index (χ3v) is 3.08.